The molecule has 0 amide bonds. The number of hydrogen-bond acceptors (Lipinski definition) is 5. The number of rotatable bonds is 3. The summed E-state index contributed by atoms with van der Waals surface area (Å²) in [6, 6.07) is 1.56. The average Bonchev–Trinajstić information content (AvgIpc) is 2.16. The zero-order valence-electron chi connectivity index (χ0n) is 7.80. The van der Waals surface area contributed by atoms with Gasteiger partial charge >= 0.3 is 21.6 Å². The van der Waals surface area contributed by atoms with E-state index in [1.165, 1.54) is 0 Å². The van der Waals surface area contributed by atoms with Crippen molar-refractivity contribution in [3.05, 3.63) is 23.9 Å². The van der Waals surface area contributed by atoms with Gasteiger partial charge in [0.05, 0.1) is 5.56 Å². The van der Waals surface area contributed by atoms with Crippen molar-refractivity contribution in [2.24, 2.45) is 0 Å². The van der Waals surface area contributed by atoms with Crippen molar-refractivity contribution in [1.29, 1.82) is 0 Å². The molecule has 1 aromatic heterocycles. The molecule has 0 unspecified atom stereocenters. The van der Waals surface area contributed by atoms with Gasteiger partial charge in [0.1, 0.15) is 0 Å². The minimum atomic E-state index is -5.79. The quantitative estimate of drug-likeness (QED) is 0.651. The van der Waals surface area contributed by atoms with Crippen LogP contribution in [0.3, 0.4) is 0 Å². The van der Waals surface area contributed by atoms with Crippen LogP contribution in [0, 0.1) is 0 Å². The van der Waals surface area contributed by atoms with Crippen LogP contribution in [0.15, 0.2) is 18.3 Å². The van der Waals surface area contributed by atoms with E-state index in [1.54, 1.807) is 0 Å². The Labute approximate surface area is 92.8 Å². The molecule has 10 heteroatoms. The number of alkyl halides is 3. The van der Waals surface area contributed by atoms with Gasteiger partial charge in [-0.05, 0) is 6.07 Å². The molecule has 0 spiro atoms. The Morgan fingerprint density at radius 3 is 2.29 bits per heavy atom. The zero-order chi connectivity index (χ0) is 13.3. The minimum absolute atomic E-state index is 0.318. The van der Waals surface area contributed by atoms with Crippen LogP contribution >= 0.6 is 0 Å². The lowest BCUT2D eigenvalue weighted by Crippen LogP contribution is -2.28. The van der Waals surface area contributed by atoms with Crippen LogP contribution in [-0.4, -0.2) is 30.0 Å². The lowest BCUT2D eigenvalue weighted by Gasteiger charge is -2.08. The van der Waals surface area contributed by atoms with Gasteiger partial charge in [-0.25, -0.2) is 9.78 Å². The van der Waals surface area contributed by atoms with Crippen molar-refractivity contribution in [2.75, 3.05) is 0 Å². The first kappa shape index (κ1) is 13.2. The normalized spacial score (nSPS) is 12.2. The maximum absolute atomic E-state index is 11.9. The van der Waals surface area contributed by atoms with Gasteiger partial charge in [-0.1, -0.05) is 0 Å². The molecule has 0 atom stereocenters. The minimum Gasteiger partial charge on any atom is -0.478 e. The number of carbonyl (C=O) groups is 1. The summed E-state index contributed by atoms with van der Waals surface area (Å²) in [4.78, 5) is 13.5. The summed E-state index contributed by atoms with van der Waals surface area (Å²) >= 11 is 0. The molecule has 1 N–H and O–H groups in total. The summed E-state index contributed by atoms with van der Waals surface area (Å²) in [5.41, 5.74) is -5.89. The number of nitrogens with zero attached hydrogens (tertiary/aromatic N) is 1. The van der Waals surface area contributed by atoms with Gasteiger partial charge in [0.25, 0.3) is 0 Å². The molecule has 1 rings (SSSR count). The van der Waals surface area contributed by atoms with Crippen molar-refractivity contribution in [2.45, 2.75) is 5.51 Å². The van der Waals surface area contributed by atoms with Gasteiger partial charge in [-0.3, -0.25) is 0 Å². The van der Waals surface area contributed by atoms with Crippen molar-refractivity contribution >= 4 is 16.1 Å². The van der Waals surface area contributed by atoms with E-state index in [4.69, 9.17) is 5.11 Å². The molecule has 17 heavy (non-hydrogen) atoms. The van der Waals surface area contributed by atoms with Gasteiger partial charge in [-0.2, -0.15) is 21.6 Å². The highest BCUT2D eigenvalue weighted by Gasteiger charge is 2.48. The summed E-state index contributed by atoms with van der Waals surface area (Å²) in [6.45, 7) is 0. The Bertz CT molecular complexity index is 521. The van der Waals surface area contributed by atoms with Crippen LogP contribution in [0.2, 0.25) is 0 Å². The van der Waals surface area contributed by atoms with E-state index in [0.29, 0.717) is 12.3 Å². The first-order valence-electron chi connectivity index (χ1n) is 3.83. The van der Waals surface area contributed by atoms with E-state index in [-0.39, 0.29) is 5.56 Å². The topological polar surface area (TPSA) is 93.6 Å². The third kappa shape index (κ3) is 3.06. The van der Waals surface area contributed by atoms with E-state index in [2.05, 4.69) is 9.17 Å². The highest BCUT2D eigenvalue weighted by Crippen LogP contribution is 2.25. The largest absolute Gasteiger partial charge is 0.534 e. The molecule has 0 bridgehead atoms. The Morgan fingerprint density at radius 2 is 1.94 bits per heavy atom. The molecule has 1 heterocycles. The molecule has 0 aliphatic heterocycles. The van der Waals surface area contributed by atoms with E-state index >= 15 is 0 Å². The molecule has 0 radical (unpaired) electrons. The molecule has 94 valence electrons. The van der Waals surface area contributed by atoms with E-state index in [9.17, 15) is 26.4 Å². The van der Waals surface area contributed by atoms with Crippen molar-refractivity contribution < 1.29 is 35.7 Å². The fourth-order valence-electron chi connectivity index (χ4n) is 0.716. The number of carboxylic acids is 1. The number of aromatic nitrogens is 1. The predicted molar refractivity (Wildman–Crippen MR) is 46.8 cm³/mol. The predicted octanol–water partition coefficient (Wildman–Crippen LogP) is 1.01. The molecular formula is C7H4F3NO5S. The van der Waals surface area contributed by atoms with Gasteiger partial charge in [0.2, 0.25) is 5.88 Å². The summed E-state index contributed by atoms with van der Waals surface area (Å²) < 4.78 is 60.4. The number of hydrogen-bond donors (Lipinski definition) is 1. The van der Waals surface area contributed by atoms with E-state index in [1.807, 2.05) is 0 Å². The standard InChI is InChI=1S/C7H4F3NO5S/c8-7(9,10)17(14,15)16-5-2-1-4(3-11-5)6(12)13/h1-3H,(H,12,13). The van der Waals surface area contributed by atoms with Gasteiger partial charge < -0.3 is 9.29 Å². The van der Waals surface area contributed by atoms with E-state index < -0.39 is 27.5 Å². The monoisotopic (exact) mass is 271 g/mol. The fraction of sp³-hybridized carbons (Fsp3) is 0.143. The maximum atomic E-state index is 11.9. The highest BCUT2D eigenvalue weighted by atomic mass is 32.2. The summed E-state index contributed by atoms with van der Waals surface area (Å²) in [5.74, 6) is -2.23. The molecule has 6 nitrogen and oxygen atoms in total. The summed E-state index contributed by atoms with van der Waals surface area (Å²) in [5, 5.41) is 8.46. The van der Waals surface area contributed by atoms with Gasteiger partial charge in [0.15, 0.2) is 0 Å². The molecule has 0 saturated carbocycles. The highest BCUT2D eigenvalue weighted by molar-refractivity contribution is 7.87. The Hall–Kier alpha value is -1.84. The lowest BCUT2D eigenvalue weighted by molar-refractivity contribution is -0.0501. The second kappa shape index (κ2) is 4.20. The number of aromatic carboxylic acids is 1. The smallest absolute Gasteiger partial charge is 0.478 e. The van der Waals surface area contributed by atoms with Crippen LogP contribution in [0.4, 0.5) is 13.2 Å². The van der Waals surface area contributed by atoms with Crippen molar-refractivity contribution in [3.8, 4) is 5.88 Å². The number of pyridine rings is 1. The molecule has 0 saturated heterocycles. The SMILES string of the molecule is O=C(O)c1ccc(OS(=O)(=O)C(F)(F)F)nc1. The zero-order valence-corrected chi connectivity index (χ0v) is 8.62. The van der Waals surface area contributed by atoms with Crippen molar-refractivity contribution in [3.63, 3.8) is 0 Å². The molecule has 0 aliphatic carbocycles. The third-order valence-corrected chi connectivity index (χ3v) is 2.42. The first-order valence-corrected chi connectivity index (χ1v) is 5.24. The summed E-state index contributed by atoms with van der Waals surface area (Å²) in [6.07, 6.45) is 0.670. The molecule has 0 aliphatic rings. The van der Waals surface area contributed by atoms with Crippen LogP contribution in [0.25, 0.3) is 0 Å². The molecule has 0 aromatic carbocycles. The van der Waals surface area contributed by atoms with Crippen molar-refractivity contribution in [1.82, 2.24) is 4.98 Å². The second-order valence-corrected chi connectivity index (χ2v) is 4.21. The number of carboxylic acid groups (broad SMARTS) is 1. The van der Waals surface area contributed by atoms with Crippen LogP contribution < -0.4 is 4.18 Å². The van der Waals surface area contributed by atoms with Crippen LogP contribution in [0.5, 0.6) is 5.88 Å². The lowest BCUT2D eigenvalue weighted by atomic mass is 10.3. The van der Waals surface area contributed by atoms with Crippen LogP contribution in [0.1, 0.15) is 10.4 Å². The fourth-order valence-corrected chi connectivity index (χ4v) is 1.13. The van der Waals surface area contributed by atoms with Crippen LogP contribution in [-0.2, 0) is 10.1 Å². The first-order chi connectivity index (χ1) is 7.63. The van der Waals surface area contributed by atoms with E-state index in [0.717, 1.165) is 6.07 Å². The van der Waals surface area contributed by atoms with Gasteiger partial charge in [-0.15, -0.1) is 0 Å². The second-order valence-electron chi connectivity index (χ2n) is 2.67. The molecule has 1 aromatic rings. The Kier molecular flexibility index (Phi) is 3.27. The van der Waals surface area contributed by atoms with Gasteiger partial charge in [0, 0.05) is 12.3 Å². The maximum Gasteiger partial charge on any atom is 0.534 e. The Morgan fingerprint density at radius 1 is 1.35 bits per heavy atom. The molecular weight excluding hydrogens is 267 g/mol. The summed E-state index contributed by atoms with van der Waals surface area (Å²) in [7, 11) is -5.79. The number of halogens is 3. The Balaban J connectivity index is 2.95. The average molecular weight is 271 g/mol. The third-order valence-electron chi connectivity index (χ3n) is 1.46. The molecule has 0 fully saturated rings.